The van der Waals surface area contributed by atoms with Gasteiger partial charge >= 0.3 is 18.1 Å². The van der Waals surface area contributed by atoms with Gasteiger partial charge in [0, 0.05) is 23.4 Å². The second-order valence-corrected chi connectivity index (χ2v) is 18.1. The number of hydrogen-bond acceptors (Lipinski definition) is 15. The van der Waals surface area contributed by atoms with Crippen LogP contribution in [0.1, 0.15) is 54.7 Å². The van der Waals surface area contributed by atoms with Crippen LogP contribution in [-0.2, 0) is 23.9 Å². The maximum atomic E-state index is 14.5. The van der Waals surface area contributed by atoms with E-state index in [-0.39, 0.29) is 41.3 Å². The van der Waals surface area contributed by atoms with Crippen LogP contribution in [0.25, 0.3) is 0 Å². The van der Waals surface area contributed by atoms with Gasteiger partial charge in [0.25, 0.3) is 0 Å². The molecule has 2 aromatic carbocycles. The van der Waals surface area contributed by atoms with Crippen LogP contribution in [0.4, 0.5) is 14.7 Å². The Hall–Kier alpha value is -4.63. The number of hydrogen-bond donors (Lipinski definition) is 5. The van der Waals surface area contributed by atoms with Gasteiger partial charge in [0.2, 0.25) is 11.8 Å². The zero-order valence-corrected chi connectivity index (χ0v) is 34.6. The molecule has 5 amide bonds. The molecule has 0 saturated carbocycles. The Bertz CT molecular complexity index is 2000. The number of nitrogens with one attached hydrogen (secondary N) is 4. The summed E-state index contributed by atoms with van der Waals surface area (Å²) in [5.41, 5.74) is 9.85. The number of esters is 1. The Morgan fingerprint density at radius 3 is 2.27 bits per heavy atom. The SMILES string of the molecule is Cc1nnc(SCC2(C(=O)OC(c3ccccc3)c3ccccc3)CS[C@@H]3C(NC(=O)C(NC(=O)NNC(=O)OC(C)(C)C)c4csc(N)n4)C(=O)N3C2)s1.Cl. The highest BCUT2D eigenvalue weighted by Gasteiger charge is 2.58. The number of nitrogens with zero attached hydrogens (tertiary/aromatic N) is 4. The molecule has 2 aliphatic rings. The van der Waals surface area contributed by atoms with Crippen molar-refractivity contribution in [3.05, 3.63) is 87.9 Å². The average molecular weight is 862 g/mol. The van der Waals surface area contributed by atoms with Crippen molar-refractivity contribution in [2.24, 2.45) is 5.41 Å². The first-order chi connectivity index (χ1) is 26.2. The van der Waals surface area contributed by atoms with Crippen LogP contribution in [0.3, 0.4) is 0 Å². The van der Waals surface area contributed by atoms with E-state index < -0.39 is 64.5 Å². The minimum atomic E-state index is -1.38. The molecule has 4 atom stereocenters. The third-order valence-corrected chi connectivity index (χ3v) is 12.9. The Morgan fingerprint density at radius 2 is 1.70 bits per heavy atom. The number of β-lactam (4-membered cyclic amide) rings is 1. The van der Waals surface area contributed by atoms with Crippen LogP contribution in [0.5, 0.6) is 0 Å². The second kappa shape index (κ2) is 18.1. The van der Waals surface area contributed by atoms with Crippen molar-refractivity contribution in [3.8, 4) is 0 Å². The number of nitrogens with two attached hydrogens (primary N) is 1. The molecule has 56 heavy (non-hydrogen) atoms. The lowest BCUT2D eigenvalue weighted by molar-refractivity contribution is -0.164. The van der Waals surface area contributed by atoms with Crippen molar-refractivity contribution in [1.82, 2.24) is 41.6 Å². The fraction of sp³-hybridized carbons (Fsp3) is 0.371. The summed E-state index contributed by atoms with van der Waals surface area (Å²) >= 11 is 5.20. The predicted molar refractivity (Wildman–Crippen MR) is 216 cm³/mol. The number of carbonyl (C=O) groups excluding carboxylic acids is 5. The molecule has 2 aliphatic heterocycles. The van der Waals surface area contributed by atoms with E-state index in [0.717, 1.165) is 27.5 Å². The number of halogens is 1. The van der Waals surface area contributed by atoms with Gasteiger partial charge in [-0.15, -0.1) is 45.7 Å². The average Bonchev–Trinajstić information content (AvgIpc) is 3.80. The van der Waals surface area contributed by atoms with Crippen LogP contribution in [0, 0.1) is 12.3 Å². The third-order valence-electron chi connectivity index (χ3n) is 8.33. The summed E-state index contributed by atoms with van der Waals surface area (Å²) in [5, 5.41) is 15.5. The number of amides is 5. The fourth-order valence-corrected chi connectivity index (χ4v) is 10.0. The van der Waals surface area contributed by atoms with E-state index in [0.29, 0.717) is 4.34 Å². The number of carbonyl (C=O) groups is 5. The monoisotopic (exact) mass is 861 g/mol. The molecule has 6 rings (SSSR count). The largest absolute Gasteiger partial charge is 0.452 e. The molecule has 0 aliphatic carbocycles. The van der Waals surface area contributed by atoms with Crippen molar-refractivity contribution < 1.29 is 33.4 Å². The fourth-order valence-electron chi connectivity index (χ4n) is 5.77. The Morgan fingerprint density at radius 1 is 1.04 bits per heavy atom. The Labute approximate surface area is 345 Å². The van der Waals surface area contributed by atoms with Crippen LogP contribution < -0.4 is 27.2 Å². The summed E-state index contributed by atoms with van der Waals surface area (Å²) in [6.45, 7) is 6.87. The standard InChI is InChI=1S/C35H39N9O7S4.ClH/c1-19-40-43-33(55-19)54-18-35(29(47)50-25(20-11-7-5-8-12-20)21-13-9-6-10-14-21)16-44-27(46)24(28(44)53-17-35)38-26(45)23(22-15-52-30(36)37-22)39-31(48)41-42-32(49)51-34(2,3)4;/h5-15,23-25,28H,16-18H2,1-4H3,(H2,36,37)(H,38,45)(H,42,49)(H2,39,41,48);1H/t23?,24?,28-,35?;/m1./s1. The number of fused-ring (bicyclic) bond motifs is 1. The lowest BCUT2D eigenvalue weighted by Gasteiger charge is -2.54. The topological polar surface area (TPSA) is 220 Å². The number of hydrazine groups is 1. The molecule has 3 unspecified atom stereocenters. The molecule has 16 nitrogen and oxygen atoms in total. The van der Waals surface area contributed by atoms with Crippen LogP contribution in [-0.4, -0.2) is 85.1 Å². The summed E-state index contributed by atoms with van der Waals surface area (Å²) in [7, 11) is 0. The zero-order valence-electron chi connectivity index (χ0n) is 30.5. The first-order valence-corrected chi connectivity index (χ1v) is 20.7. The molecule has 4 heterocycles. The number of nitrogen functional groups attached to an aromatic ring is 1. The number of thioether (sulfide) groups is 2. The van der Waals surface area contributed by atoms with Crippen molar-refractivity contribution in [2.75, 3.05) is 23.8 Å². The van der Waals surface area contributed by atoms with Gasteiger partial charge in [0.05, 0.1) is 5.69 Å². The summed E-state index contributed by atoms with van der Waals surface area (Å²) in [5.74, 6) is -1.07. The van der Waals surface area contributed by atoms with E-state index in [1.54, 1.807) is 25.7 Å². The van der Waals surface area contributed by atoms with Crippen molar-refractivity contribution >= 4 is 93.6 Å². The van der Waals surface area contributed by atoms with E-state index in [9.17, 15) is 24.0 Å². The number of thiazole rings is 1. The van der Waals surface area contributed by atoms with E-state index in [1.807, 2.05) is 67.6 Å². The summed E-state index contributed by atoms with van der Waals surface area (Å²) < 4.78 is 12.2. The molecule has 4 aromatic rings. The van der Waals surface area contributed by atoms with Crippen molar-refractivity contribution in [3.63, 3.8) is 0 Å². The van der Waals surface area contributed by atoms with Crippen molar-refractivity contribution in [1.29, 1.82) is 0 Å². The van der Waals surface area contributed by atoms with Crippen LogP contribution >= 0.6 is 58.6 Å². The van der Waals surface area contributed by atoms with Crippen LogP contribution in [0.2, 0.25) is 0 Å². The number of rotatable bonds is 11. The minimum Gasteiger partial charge on any atom is -0.452 e. The number of anilines is 1. The van der Waals surface area contributed by atoms with Gasteiger partial charge in [0.15, 0.2) is 21.6 Å². The smallest absolute Gasteiger partial charge is 0.426 e. The van der Waals surface area contributed by atoms with Gasteiger partial charge < -0.3 is 30.7 Å². The van der Waals surface area contributed by atoms with Gasteiger partial charge in [-0.3, -0.25) is 14.4 Å². The highest BCUT2D eigenvalue weighted by Crippen LogP contribution is 2.46. The molecule has 0 bridgehead atoms. The minimum absolute atomic E-state index is 0. The number of urea groups is 1. The summed E-state index contributed by atoms with van der Waals surface area (Å²) in [4.78, 5) is 72.5. The molecule has 0 spiro atoms. The Kier molecular flexibility index (Phi) is 13.7. The highest BCUT2D eigenvalue weighted by atomic mass is 35.5. The lowest BCUT2D eigenvalue weighted by Crippen LogP contribution is -2.74. The molecule has 21 heteroatoms. The quantitative estimate of drug-likeness (QED) is 0.0604. The van der Waals surface area contributed by atoms with Gasteiger partial charge in [-0.05, 0) is 38.8 Å². The van der Waals surface area contributed by atoms with Gasteiger partial charge in [0.1, 0.15) is 27.4 Å². The molecular weight excluding hydrogens is 822 g/mol. The maximum Gasteiger partial charge on any atom is 0.426 e. The van der Waals surface area contributed by atoms with E-state index in [4.69, 9.17) is 15.2 Å². The highest BCUT2D eigenvalue weighted by molar-refractivity contribution is 8.01. The van der Waals surface area contributed by atoms with Crippen molar-refractivity contribution in [2.45, 2.75) is 61.2 Å². The van der Waals surface area contributed by atoms with E-state index in [2.05, 4.69) is 36.7 Å². The summed E-state index contributed by atoms with van der Waals surface area (Å²) in [6, 6.07) is 15.6. The third kappa shape index (κ3) is 10.2. The molecular formula is C35H40ClN9O7S4. The number of benzene rings is 2. The first-order valence-electron chi connectivity index (χ1n) is 16.9. The molecule has 298 valence electrons. The number of ether oxygens (including phenoxy) is 2. The number of aryl methyl sites for hydroxylation is 1. The second-order valence-electron chi connectivity index (χ2n) is 13.7. The molecule has 2 saturated heterocycles. The number of aromatic nitrogens is 3. The zero-order chi connectivity index (χ0) is 39.3. The van der Waals surface area contributed by atoms with Gasteiger partial charge in [-0.1, -0.05) is 83.8 Å². The first kappa shape index (κ1) is 42.5. The molecule has 0 radical (unpaired) electrons. The van der Waals surface area contributed by atoms with Crippen LogP contribution in [0.15, 0.2) is 70.4 Å². The predicted octanol–water partition coefficient (Wildman–Crippen LogP) is 4.60. The normalized spacial score (nSPS) is 19.4. The maximum absolute atomic E-state index is 14.5. The van der Waals surface area contributed by atoms with E-state index in [1.165, 1.54) is 40.2 Å². The molecule has 2 aromatic heterocycles. The lowest BCUT2D eigenvalue weighted by atomic mass is 9.88. The van der Waals surface area contributed by atoms with Gasteiger partial charge in [-0.2, -0.15) is 0 Å². The Balaban J connectivity index is 0.00000600. The van der Waals surface area contributed by atoms with Gasteiger partial charge in [-0.25, -0.2) is 25.4 Å². The molecule has 2 fully saturated rings. The molecule has 6 N–H and O–H groups in total. The summed E-state index contributed by atoms with van der Waals surface area (Å²) in [6.07, 6.45) is -1.61. The van der Waals surface area contributed by atoms with E-state index >= 15 is 0 Å².